The Labute approximate surface area is 99.4 Å². The fourth-order valence-electron chi connectivity index (χ4n) is 1.22. The van der Waals surface area contributed by atoms with Crippen LogP contribution < -0.4 is 11.1 Å². The summed E-state index contributed by atoms with van der Waals surface area (Å²) in [6.07, 6.45) is 1.79. The highest BCUT2D eigenvalue weighted by Crippen LogP contribution is 2.21. The van der Waals surface area contributed by atoms with Gasteiger partial charge in [-0.2, -0.15) is 0 Å². The third-order valence-corrected chi connectivity index (χ3v) is 3.53. The first-order chi connectivity index (χ1) is 7.47. The highest BCUT2D eigenvalue weighted by Gasteiger charge is 2.23. The van der Waals surface area contributed by atoms with Crippen LogP contribution in [0.15, 0.2) is 16.7 Å². The number of rotatable bonds is 5. The Balaban J connectivity index is 2.55. The monoisotopic (exact) mass is 242 g/mol. The molecule has 0 aliphatic rings. The lowest BCUT2D eigenvalue weighted by Crippen LogP contribution is -2.41. The van der Waals surface area contributed by atoms with Gasteiger partial charge in [0.15, 0.2) is 0 Å². The van der Waals surface area contributed by atoms with Gasteiger partial charge in [0.2, 0.25) is 0 Å². The van der Waals surface area contributed by atoms with E-state index < -0.39 is 0 Å². The fourth-order valence-corrected chi connectivity index (χ4v) is 1.96. The first-order valence-electron chi connectivity index (χ1n) is 5.10. The van der Waals surface area contributed by atoms with Crippen molar-refractivity contribution in [2.75, 3.05) is 6.54 Å². The Morgan fingerprint density at radius 1 is 1.75 bits per heavy atom. The van der Waals surface area contributed by atoms with Crippen molar-refractivity contribution >= 4 is 17.2 Å². The zero-order valence-electron chi connectivity index (χ0n) is 9.77. The summed E-state index contributed by atoms with van der Waals surface area (Å²) in [7, 11) is 0. The van der Waals surface area contributed by atoms with Gasteiger partial charge in [0.05, 0.1) is 5.54 Å². The van der Waals surface area contributed by atoms with Crippen LogP contribution >= 0.6 is 11.3 Å². The average Bonchev–Trinajstić information content (AvgIpc) is 2.78. The van der Waals surface area contributed by atoms with E-state index >= 15 is 0 Å². The van der Waals surface area contributed by atoms with E-state index in [0.29, 0.717) is 6.54 Å². The molecule has 1 unspecified atom stereocenters. The van der Waals surface area contributed by atoms with Gasteiger partial charge < -0.3 is 16.3 Å². The molecular formula is C10H18N4OS. The molecule has 0 bridgehead atoms. The summed E-state index contributed by atoms with van der Waals surface area (Å²) in [6.45, 7) is 6.66. The Hall–Kier alpha value is -1.14. The Morgan fingerprint density at radius 2 is 2.44 bits per heavy atom. The van der Waals surface area contributed by atoms with Crippen molar-refractivity contribution in [1.29, 1.82) is 0 Å². The van der Waals surface area contributed by atoms with Gasteiger partial charge in [-0.1, -0.05) is 12.1 Å². The van der Waals surface area contributed by atoms with Gasteiger partial charge >= 0.3 is 0 Å². The lowest BCUT2D eigenvalue weighted by atomic mass is 10.0. The highest BCUT2D eigenvalue weighted by atomic mass is 32.1. The lowest BCUT2D eigenvalue weighted by Gasteiger charge is -2.25. The van der Waals surface area contributed by atoms with E-state index in [9.17, 15) is 0 Å². The van der Waals surface area contributed by atoms with Crippen LogP contribution in [0.4, 0.5) is 0 Å². The smallest absolute Gasteiger partial charge is 0.143 e. The van der Waals surface area contributed by atoms with Crippen LogP contribution in [0.1, 0.15) is 25.8 Å². The van der Waals surface area contributed by atoms with Crippen LogP contribution in [0.5, 0.6) is 0 Å². The van der Waals surface area contributed by atoms with E-state index in [1.807, 2.05) is 12.3 Å². The van der Waals surface area contributed by atoms with Crippen molar-refractivity contribution in [1.82, 2.24) is 10.3 Å². The number of amidine groups is 1. The largest absolute Gasteiger partial charge is 0.409 e. The number of hydrogen-bond acceptors (Lipinski definition) is 5. The molecule has 5 nitrogen and oxygen atoms in total. The molecule has 4 N–H and O–H groups in total. The SMILES string of the molecule is CC(CNC(C)(C)c1nccs1)/C(N)=N/O. The van der Waals surface area contributed by atoms with Crippen molar-refractivity contribution in [3.8, 4) is 0 Å². The second-order valence-corrected chi connectivity index (χ2v) is 5.16. The molecule has 0 saturated heterocycles. The van der Waals surface area contributed by atoms with Gasteiger partial charge in [0.25, 0.3) is 0 Å². The summed E-state index contributed by atoms with van der Waals surface area (Å²) in [5, 5.41) is 17.9. The first kappa shape index (κ1) is 12.9. The predicted molar refractivity (Wildman–Crippen MR) is 65.7 cm³/mol. The van der Waals surface area contributed by atoms with E-state index in [1.54, 1.807) is 17.5 Å². The average molecular weight is 242 g/mol. The number of nitrogens with two attached hydrogens (primary N) is 1. The molecule has 0 aliphatic carbocycles. The Kier molecular flexibility index (Phi) is 4.26. The van der Waals surface area contributed by atoms with E-state index in [1.165, 1.54) is 0 Å². The van der Waals surface area contributed by atoms with Crippen LogP contribution in [-0.4, -0.2) is 22.6 Å². The summed E-state index contributed by atoms with van der Waals surface area (Å²) in [5.74, 6) is 0.228. The maximum absolute atomic E-state index is 8.54. The molecule has 1 rings (SSSR count). The van der Waals surface area contributed by atoms with Gasteiger partial charge in [-0.15, -0.1) is 11.3 Å². The third kappa shape index (κ3) is 3.18. The van der Waals surface area contributed by atoms with Crippen molar-refractivity contribution in [3.05, 3.63) is 16.6 Å². The van der Waals surface area contributed by atoms with Gasteiger partial charge in [-0.25, -0.2) is 4.98 Å². The molecule has 0 aliphatic heterocycles. The number of nitrogens with one attached hydrogen (secondary N) is 1. The molecule has 90 valence electrons. The standard InChI is InChI=1S/C10H18N4OS/c1-7(8(11)14-15)6-13-10(2,3)9-12-4-5-16-9/h4-5,7,13,15H,6H2,1-3H3,(H2,11,14). The minimum Gasteiger partial charge on any atom is -0.409 e. The number of thiazole rings is 1. The minimum atomic E-state index is -0.196. The fraction of sp³-hybridized carbons (Fsp3) is 0.600. The summed E-state index contributed by atoms with van der Waals surface area (Å²) >= 11 is 1.61. The summed E-state index contributed by atoms with van der Waals surface area (Å²) in [6, 6.07) is 0. The van der Waals surface area contributed by atoms with E-state index in [2.05, 4.69) is 29.3 Å². The van der Waals surface area contributed by atoms with E-state index in [4.69, 9.17) is 10.9 Å². The normalized spacial score (nSPS) is 15.1. The highest BCUT2D eigenvalue weighted by molar-refractivity contribution is 7.09. The quantitative estimate of drug-likeness (QED) is 0.315. The van der Waals surface area contributed by atoms with Gasteiger partial charge in [-0.3, -0.25) is 0 Å². The third-order valence-electron chi connectivity index (χ3n) is 2.44. The molecule has 1 heterocycles. The molecule has 16 heavy (non-hydrogen) atoms. The maximum Gasteiger partial charge on any atom is 0.143 e. The second kappa shape index (κ2) is 5.27. The summed E-state index contributed by atoms with van der Waals surface area (Å²) < 4.78 is 0. The zero-order valence-corrected chi connectivity index (χ0v) is 10.6. The van der Waals surface area contributed by atoms with Crippen molar-refractivity contribution in [3.63, 3.8) is 0 Å². The minimum absolute atomic E-state index is 0.00997. The van der Waals surface area contributed by atoms with Crippen LogP contribution in [0.3, 0.4) is 0 Å². The molecule has 0 aromatic carbocycles. The van der Waals surface area contributed by atoms with Crippen molar-refractivity contribution < 1.29 is 5.21 Å². The van der Waals surface area contributed by atoms with Crippen LogP contribution in [-0.2, 0) is 5.54 Å². The molecule has 6 heteroatoms. The van der Waals surface area contributed by atoms with Gasteiger partial charge in [0.1, 0.15) is 10.8 Å². The number of oxime groups is 1. The van der Waals surface area contributed by atoms with Crippen LogP contribution in [0.25, 0.3) is 0 Å². The Bertz CT molecular complexity index is 348. The molecule has 0 amide bonds. The number of hydrogen-bond donors (Lipinski definition) is 3. The molecule has 0 radical (unpaired) electrons. The molecular weight excluding hydrogens is 224 g/mol. The van der Waals surface area contributed by atoms with Crippen LogP contribution in [0, 0.1) is 5.92 Å². The van der Waals surface area contributed by atoms with E-state index in [-0.39, 0.29) is 17.3 Å². The first-order valence-corrected chi connectivity index (χ1v) is 5.97. The second-order valence-electron chi connectivity index (χ2n) is 4.27. The Morgan fingerprint density at radius 3 is 2.94 bits per heavy atom. The van der Waals surface area contributed by atoms with E-state index in [0.717, 1.165) is 5.01 Å². The molecule has 1 aromatic heterocycles. The van der Waals surface area contributed by atoms with Crippen molar-refractivity contribution in [2.24, 2.45) is 16.8 Å². The summed E-state index contributed by atoms with van der Waals surface area (Å²) in [5.41, 5.74) is 5.32. The van der Waals surface area contributed by atoms with Gasteiger partial charge in [-0.05, 0) is 13.8 Å². The maximum atomic E-state index is 8.54. The number of nitrogens with zero attached hydrogens (tertiary/aromatic N) is 2. The topological polar surface area (TPSA) is 83.5 Å². The molecule has 1 aromatic rings. The van der Waals surface area contributed by atoms with Crippen LogP contribution in [0.2, 0.25) is 0 Å². The molecule has 0 saturated carbocycles. The van der Waals surface area contributed by atoms with Gasteiger partial charge in [0, 0.05) is 24.0 Å². The predicted octanol–water partition coefficient (Wildman–Crippen LogP) is 1.35. The van der Waals surface area contributed by atoms with Crippen molar-refractivity contribution in [2.45, 2.75) is 26.3 Å². The molecule has 1 atom stereocenters. The lowest BCUT2D eigenvalue weighted by molar-refractivity contribution is 0.312. The zero-order chi connectivity index (χ0) is 12.2. The summed E-state index contributed by atoms with van der Waals surface area (Å²) in [4.78, 5) is 4.28. The molecule has 0 fully saturated rings. The number of aromatic nitrogens is 1. The molecule has 0 spiro atoms.